The third kappa shape index (κ3) is 4.53. The lowest BCUT2D eigenvalue weighted by Crippen LogP contribution is -2.47. The first-order valence-corrected chi connectivity index (χ1v) is 9.49. The van der Waals surface area contributed by atoms with Gasteiger partial charge < -0.3 is 20.5 Å². The molecule has 4 nitrogen and oxygen atoms in total. The second-order valence-electron chi connectivity index (χ2n) is 6.81. The molecule has 0 aliphatic heterocycles. The van der Waals surface area contributed by atoms with Gasteiger partial charge in [0.2, 0.25) is 0 Å². The molecule has 0 unspecified atom stereocenters. The van der Waals surface area contributed by atoms with Crippen LogP contribution in [0.4, 0.5) is 0 Å². The summed E-state index contributed by atoms with van der Waals surface area (Å²) < 4.78 is 10.8. The zero-order valence-electron chi connectivity index (χ0n) is 16.5. The van der Waals surface area contributed by atoms with Gasteiger partial charge in [0.25, 0.3) is 0 Å². The Kier molecular flexibility index (Phi) is 6.69. The molecule has 0 aromatic heterocycles. The molecule has 3 N–H and O–H groups in total. The number of benzene rings is 3. The van der Waals surface area contributed by atoms with E-state index < -0.39 is 5.54 Å². The minimum absolute atomic E-state index is 0.596. The average Bonchev–Trinajstić information content (AvgIpc) is 2.77. The fourth-order valence-corrected chi connectivity index (χ4v) is 3.43. The molecule has 0 amide bonds. The van der Waals surface area contributed by atoms with E-state index in [2.05, 4.69) is 29.6 Å². The van der Waals surface area contributed by atoms with Gasteiger partial charge in [0.05, 0.1) is 19.8 Å². The van der Waals surface area contributed by atoms with E-state index in [-0.39, 0.29) is 0 Å². The zero-order valence-corrected chi connectivity index (χ0v) is 16.5. The normalized spacial score (nSPS) is 11.2. The first-order chi connectivity index (χ1) is 13.7. The summed E-state index contributed by atoms with van der Waals surface area (Å²) >= 11 is 0. The van der Waals surface area contributed by atoms with E-state index in [1.165, 1.54) is 0 Å². The minimum Gasteiger partial charge on any atom is -0.497 e. The van der Waals surface area contributed by atoms with Gasteiger partial charge in [0.1, 0.15) is 11.5 Å². The van der Waals surface area contributed by atoms with Crippen LogP contribution in [-0.2, 0) is 12.0 Å². The summed E-state index contributed by atoms with van der Waals surface area (Å²) in [6.07, 6.45) is 0.819. The molecule has 3 aromatic rings. The number of hydrogen-bond acceptors (Lipinski definition) is 4. The van der Waals surface area contributed by atoms with Gasteiger partial charge in [-0.15, -0.1) is 0 Å². The van der Waals surface area contributed by atoms with E-state index in [1.807, 2.05) is 54.6 Å². The highest BCUT2D eigenvalue weighted by Gasteiger charge is 2.28. The van der Waals surface area contributed by atoms with Crippen molar-refractivity contribution in [1.82, 2.24) is 5.32 Å². The van der Waals surface area contributed by atoms with Gasteiger partial charge >= 0.3 is 0 Å². The Morgan fingerprint density at radius 1 is 0.821 bits per heavy atom. The molecule has 0 saturated carbocycles. The monoisotopic (exact) mass is 376 g/mol. The Morgan fingerprint density at radius 2 is 1.43 bits per heavy atom. The van der Waals surface area contributed by atoms with Crippen LogP contribution in [0, 0.1) is 0 Å². The largest absolute Gasteiger partial charge is 0.497 e. The van der Waals surface area contributed by atoms with Crippen LogP contribution in [0.15, 0.2) is 78.9 Å². The second kappa shape index (κ2) is 9.40. The number of methoxy groups -OCH3 is 2. The van der Waals surface area contributed by atoms with Gasteiger partial charge in [-0.2, -0.15) is 0 Å². The summed E-state index contributed by atoms with van der Waals surface area (Å²) in [5.74, 6) is 1.70. The third-order valence-corrected chi connectivity index (χ3v) is 5.04. The molecule has 0 bridgehead atoms. The van der Waals surface area contributed by atoms with Crippen molar-refractivity contribution in [2.45, 2.75) is 12.0 Å². The fraction of sp³-hybridized carbons (Fsp3) is 0.250. The van der Waals surface area contributed by atoms with Gasteiger partial charge in [-0.25, -0.2) is 0 Å². The van der Waals surface area contributed by atoms with Crippen molar-refractivity contribution < 1.29 is 9.47 Å². The van der Waals surface area contributed by atoms with E-state index in [0.717, 1.165) is 41.2 Å². The molecule has 28 heavy (non-hydrogen) atoms. The number of nitrogens with two attached hydrogens (primary N) is 1. The summed E-state index contributed by atoms with van der Waals surface area (Å²) in [5.41, 5.74) is 9.61. The van der Waals surface area contributed by atoms with E-state index in [1.54, 1.807) is 14.2 Å². The molecule has 3 rings (SSSR count). The van der Waals surface area contributed by atoms with Gasteiger partial charge in [0.15, 0.2) is 0 Å². The molecule has 0 atom stereocenters. The van der Waals surface area contributed by atoms with Crippen molar-refractivity contribution in [3.63, 3.8) is 0 Å². The van der Waals surface area contributed by atoms with Crippen LogP contribution in [0.5, 0.6) is 11.5 Å². The van der Waals surface area contributed by atoms with E-state index in [9.17, 15) is 0 Å². The van der Waals surface area contributed by atoms with Crippen molar-refractivity contribution in [2.75, 3.05) is 27.3 Å². The Morgan fingerprint density at radius 3 is 1.96 bits per heavy atom. The maximum atomic E-state index is 6.91. The highest BCUT2D eigenvalue weighted by Crippen LogP contribution is 2.27. The van der Waals surface area contributed by atoms with Crippen LogP contribution < -0.4 is 20.5 Å². The summed E-state index contributed by atoms with van der Waals surface area (Å²) in [5, 5.41) is 3.54. The van der Waals surface area contributed by atoms with Crippen LogP contribution in [-0.4, -0.2) is 27.3 Å². The molecule has 0 aliphatic carbocycles. The van der Waals surface area contributed by atoms with Gasteiger partial charge in [-0.05, 0) is 47.9 Å². The molecule has 0 spiro atoms. The highest BCUT2D eigenvalue weighted by atomic mass is 16.5. The Labute approximate surface area is 167 Å². The van der Waals surface area contributed by atoms with Crippen molar-refractivity contribution in [3.8, 4) is 11.5 Å². The first-order valence-electron chi connectivity index (χ1n) is 9.49. The van der Waals surface area contributed by atoms with E-state index in [4.69, 9.17) is 15.2 Å². The van der Waals surface area contributed by atoms with Gasteiger partial charge in [-0.3, -0.25) is 0 Å². The van der Waals surface area contributed by atoms with Crippen LogP contribution in [0.1, 0.15) is 16.7 Å². The first kappa shape index (κ1) is 19.9. The molecular formula is C24H28N2O2. The molecule has 3 aromatic carbocycles. The molecule has 0 fully saturated rings. The molecule has 0 heterocycles. The SMILES string of the molecule is COc1ccc(OC)c(CCNCC(N)(c2ccccc2)c2ccccc2)c1. The summed E-state index contributed by atoms with van der Waals surface area (Å²) in [6.45, 7) is 1.41. The average molecular weight is 376 g/mol. The van der Waals surface area contributed by atoms with Crippen LogP contribution in [0.3, 0.4) is 0 Å². The van der Waals surface area contributed by atoms with Crippen molar-refractivity contribution in [3.05, 3.63) is 95.6 Å². The number of nitrogens with one attached hydrogen (secondary N) is 1. The van der Waals surface area contributed by atoms with Crippen molar-refractivity contribution >= 4 is 0 Å². The lowest BCUT2D eigenvalue weighted by atomic mass is 9.83. The smallest absolute Gasteiger partial charge is 0.122 e. The van der Waals surface area contributed by atoms with Gasteiger partial charge in [-0.1, -0.05) is 60.7 Å². The predicted molar refractivity (Wildman–Crippen MR) is 114 cm³/mol. The Hall–Kier alpha value is -2.82. The maximum Gasteiger partial charge on any atom is 0.122 e. The minimum atomic E-state index is -0.596. The van der Waals surface area contributed by atoms with E-state index >= 15 is 0 Å². The molecule has 0 saturated heterocycles. The van der Waals surface area contributed by atoms with Crippen LogP contribution in [0.25, 0.3) is 0 Å². The number of rotatable bonds is 9. The molecule has 0 aliphatic rings. The van der Waals surface area contributed by atoms with Crippen molar-refractivity contribution in [2.24, 2.45) is 5.73 Å². The van der Waals surface area contributed by atoms with Gasteiger partial charge in [0, 0.05) is 6.54 Å². The maximum absolute atomic E-state index is 6.91. The summed E-state index contributed by atoms with van der Waals surface area (Å²) in [4.78, 5) is 0. The second-order valence-corrected chi connectivity index (χ2v) is 6.81. The molecular weight excluding hydrogens is 348 g/mol. The molecule has 4 heteroatoms. The lowest BCUT2D eigenvalue weighted by molar-refractivity contribution is 0.397. The zero-order chi connectivity index (χ0) is 19.8. The highest BCUT2D eigenvalue weighted by molar-refractivity contribution is 5.41. The summed E-state index contributed by atoms with van der Waals surface area (Å²) in [7, 11) is 3.36. The van der Waals surface area contributed by atoms with Crippen LogP contribution in [0.2, 0.25) is 0 Å². The number of hydrogen-bond donors (Lipinski definition) is 2. The molecule has 146 valence electrons. The fourth-order valence-electron chi connectivity index (χ4n) is 3.43. The quantitative estimate of drug-likeness (QED) is 0.559. The summed E-state index contributed by atoms with van der Waals surface area (Å²) in [6, 6.07) is 26.3. The standard InChI is InChI=1S/C24H28N2O2/c1-27-22-13-14-23(28-2)19(17-22)15-16-26-18-24(25,20-9-5-3-6-10-20)21-11-7-4-8-12-21/h3-14,17,26H,15-16,18,25H2,1-2H3. The molecule has 0 radical (unpaired) electrons. The number of ether oxygens (including phenoxy) is 2. The van der Waals surface area contributed by atoms with Crippen LogP contribution >= 0.6 is 0 Å². The Balaban J connectivity index is 1.72. The predicted octanol–water partition coefficient (Wildman–Crippen LogP) is 3.74. The third-order valence-electron chi connectivity index (χ3n) is 5.04. The van der Waals surface area contributed by atoms with E-state index in [0.29, 0.717) is 6.54 Å². The van der Waals surface area contributed by atoms with Crippen molar-refractivity contribution in [1.29, 1.82) is 0 Å². The topological polar surface area (TPSA) is 56.5 Å². The lowest BCUT2D eigenvalue weighted by Gasteiger charge is -2.31. The Bertz CT molecular complexity index is 827.